The predicted octanol–water partition coefficient (Wildman–Crippen LogP) is 3.65. The van der Waals surface area contributed by atoms with Gasteiger partial charge in [0.25, 0.3) is 0 Å². The number of anilines is 1. The van der Waals surface area contributed by atoms with Crippen LogP contribution in [-0.4, -0.2) is 55.9 Å². The first-order chi connectivity index (χ1) is 14.2. The van der Waals surface area contributed by atoms with Crippen LogP contribution in [0.3, 0.4) is 0 Å². The fourth-order valence-corrected chi connectivity index (χ4v) is 4.26. The number of hydrogen-bond acceptors (Lipinski definition) is 4. The van der Waals surface area contributed by atoms with Gasteiger partial charge >= 0.3 is 0 Å². The molecule has 1 aliphatic carbocycles. The summed E-state index contributed by atoms with van der Waals surface area (Å²) in [7, 11) is 0. The zero-order valence-corrected chi connectivity index (χ0v) is 18.3. The Bertz CT molecular complexity index is 619. The molecule has 2 fully saturated rings. The molecule has 0 bridgehead atoms. The topological polar surface area (TPSA) is 61.8 Å². The molecule has 1 saturated carbocycles. The Balaban J connectivity index is 1.41. The molecule has 29 heavy (non-hydrogen) atoms. The number of hydrogen-bond donors (Lipinski definition) is 2. The van der Waals surface area contributed by atoms with E-state index < -0.39 is 0 Å². The van der Waals surface area contributed by atoms with Gasteiger partial charge in [-0.2, -0.15) is 0 Å². The maximum atomic E-state index is 6.08. The van der Waals surface area contributed by atoms with Gasteiger partial charge in [0.2, 0.25) is 0 Å². The number of ether oxygens (including phenoxy) is 1. The molecule has 0 amide bonds. The van der Waals surface area contributed by atoms with E-state index in [-0.39, 0.29) is 0 Å². The Morgan fingerprint density at radius 1 is 1.14 bits per heavy atom. The Morgan fingerprint density at radius 2 is 1.90 bits per heavy atom. The Morgan fingerprint density at radius 3 is 2.59 bits per heavy atom. The number of aryl methyl sites for hydroxylation is 1. The van der Waals surface area contributed by atoms with Crippen LogP contribution in [0.1, 0.15) is 64.0 Å². The molecule has 1 aromatic heterocycles. The summed E-state index contributed by atoms with van der Waals surface area (Å²) in [6.45, 7) is 8.54. The minimum absolute atomic E-state index is 0.447. The summed E-state index contributed by atoms with van der Waals surface area (Å²) in [5.74, 6) is 2.02. The quantitative estimate of drug-likeness (QED) is 0.316. The van der Waals surface area contributed by atoms with Crippen molar-refractivity contribution in [1.29, 1.82) is 0 Å². The molecular formula is C23H39N5O. The highest BCUT2D eigenvalue weighted by Crippen LogP contribution is 2.20. The molecule has 3 rings (SSSR count). The monoisotopic (exact) mass is 401 g/mol. The Hall–Kier alpha value is -1.82. The number of pyridine rings is 1. The van der Waals surface area contributed by atoms with E-state index in [4.69, 9.17) is 9.73 Å². The van der Waals surface area contributed by atoms with Crippen molar-refractivity contribution in [3.63, 3.8) is 0 Å². The van der Waals surface area contributed by atoms with E-state index in [1.54, 1.807) is 0 Å². The molecule has 0 unspecified atom stereocenters. The molecule has 1 aliphatic heterocycles. The first kappa shape index (κ1) is 21.9. The van der Waals surface area contributed by atoms with E-state index in [9.17, 15) is 0 Å². The van der Waals surface area contributed by atoms with Gasteiger partial charge < -0.3 is 20.3 Å². The molecule has 162 valence electrons. The van der Waals surface area contributed by atoms with Crippen LogP contribution in [0.15, 0.2) is 23.2 Å². The average Bonchev–Trinajstić information content (AvgIpc) is 3.01. The number of aliphatic imine (C=N–C) groups is 1. The minimum Gasteiger partial charge on any atom is -0.376 e. The van der Waals surface area contributed by atoms with Crippen molar-refractivity contribution in [1.82, 2.24) is 15.6 Å². The van der Waals surface area contributed by atoms with Crippen LogP contribution >= 0.6 is 0 Å². The van der Waals surface area contributed by atoms with E-state index >= 15 is 0 Å². The zero-order valence-electron chi connectivity index (χ0n) is 18.3. The first-order valence-electron chi connectivity index (χ1n) is 11.6. The molecule has 0 atom stereocenters. The summed E-state index contributed by atoms with van der Waals surface area (Å²) in [6.07, 6.45) is 10.4. The van der Waals surface area contributed by atoms with Crippen LogP contribution in [0.5, 0.6) is 0 Å². The van der Waals surface area contributed by atoms with Crippen molar-refractivity contribution in [2.45, 2.75) is 77.4 Å². The van der Waals surface area contributed by atoms with Crippen LogP contribution in [0.2, 0.25) is 0 Å². The van der Waals surface area contributed by atoms with Crippen LogP contribution in [0.4, 0.5) is 5.82 Å². The number of rotatable bonds is 7. The highest BCUT2D eigenvalue weighted by molar-refractivity contribution is 5.80. The molecule has 6 heteroatoms. The van der Waals surface area contributed by atoms with Crippen molar-refractivity contribution in [2.75, 3.05) is 37.7 Å². The maximum Gasteiger partial charge on any atom is 0.191 e. The highest BCUT2D eigenvalue weighted by atomic mass is 16.5. The molecule has 6 nitrogen and oxygen atoms in total. The SMILES string of the molecule is CCNC(=NCCOC1CCCCCC1)NC1CCN(c2cccc(C)n2)CC1. The fraction of sp³-hybridized carbons (Fsp3) is 0.739. The van der Waals surface area contributed by atoms with Crippen molar-refractivity contribution in [3.05, 3.63) is 23.9 Å². The number of piperidine rings is 1. The summed E-state index contributed by atoms with van der Waals surface area (Å²) in [5, 5.41) is 7.01. The summed E-state index contributed by atoms with van der Waals surface area (Å²) in [5.41, 5.74) is 1.08. The second-order valence-corrected chi connectivity index (χ2v) is 8.29. The van der Waals surface area contributed by atoms with Crippen molar-refractivity contribution >= 4 is 11.8 Å². The van der Waals surface area contributed by atoms with Gasteiger partial charge in [-0.1, -0.05) is 31.7 Å². The molecule has 0 spiro atoms. The van der Waals surface area contributed by atoms with Gasteiger partial charge in [-0.15, -0.1) is 0 Å². The van der Waals surface area contributed by atoms with Gasteiger partial charge in [0.1, 0.15) is 5.82 Å². The number of nitrogens with one attached hydrogen (secondary N) is 2. The Kier molecular flexibility index (Phi) is 9.06. The van der Waals surface area contributed by atoms with Crippen molar-refractivity contribution in [3.8, 4) is 0 Å². The highest BCUT2D eigenvalue weighted by Gasteiger charge is 2.21. The lowest BCUT2D eigenvalue weighted by atomic mass is 10.1. The minimum atomic E-state index is 0.447. The summed E-state index contributed by atoms with van der Waals surface area (Å²) >= 11 is 0. The third-order valence-electron chi connectivity index (χ3n) is 5.89. The summed E-state index contributed by atoms with van der Waals surface area (Å²) in [4.78, 5) is 11.8. The average molecular weight is 402 g/mol. The van der Waals surface area contributed by atoms with Crippen molar-refractivity contribution in [2.24, 2.45) is 4.99 Å². The fourth-order valence-electron chi connectivity index (χ4n) is 4.26. The van der Waals surface area contributed by atoms with Crippen LogP contribution in [-0.2, 0) is 4.74 Å². The van der Waals surface area contributed by atoms with Crippen LogP contribution in [0, 0.1) is 6.92 Å². The van der Waals surface area contributed by atoms with E-state index in [1.807, 2.05) is 0 Å². The van der Waals surface area contributed by atoms with Gasteiger partial charge in [0.15, 0.2) is 5.96 Å². The number of aromatic nitrogens is 1. The molecule has 0 aromatic carbocycles. The van der Waals surface area contributed by atoms with E-state index in [0.717, 1.165) is 63.1 Å². The first-order valence-corrected chi connectivity index (χ1v) is 11.6. The van der Waals surface area contributed by atoms with E-state index in [0.29, 0.717) is 12.1 Å². The standard InChI is InChI=1S/C23H39N5O/c1-3-24-23(25-15-18-29-21-10-6-4-5-7-11-21)27-20-13-16-28(17-14-20)22-12-8-9-19(2)26-22/h8-9,12,20-21H,3-7,10-11,13-18H2,1-2H3,(H2,24,25,27). The lowest BCUT2D eigenvalue weighted by Crippen LogP contribution is -2.49. The van der Waals surface area contributed by atoms with E-state index in [1.165, 1.54) is 38.5 Å². The van der Waals surface area contributed by atoms with Gasteiger partial charge in [-0.25, -0.2) is 4.98 Å². The lowest BCUT2D eigenvalue weighted by molar-refractivity contribution is 0.0487. The predicted molar refractivity (Wildman–Crippen MR) is 121 cm³/mol. The summed E-state index contributed by atoms with van der Waals surface area (Å²) in [6, 6.07) is 6.71. The van der Waals surface area contributed by atoms with Gasteiger partial charge in [0, 0.05) is 31.4 Å². The van der Waals surface area contributed by atoms with Gasteiger partial charge in [0.05, 0.1) is 19.3 Å². The molecule has 2 heterocycles. The molecule has 2 aliphatic rings. The normalized spacial score (nSPS) is 19.8. The smallest absolute Gasteiger partial charge is 0.191 e. The number of guanidine groups is 1. The zero-order chi connectivity index (χ0) is 20.3. The molecule has 1 aromatic rings. The Labute approximate surface area is 176 Å². The third kappa shape index (κ3) is 7.50. The van der Waals surface area contributed by atoms with Gasteiger partial charge in [-0.05, 0) is 51.7 Å². The van der Waals surface area contributed by atoms with E-state index in [2.05, 4.69) is 52.6 Å². The van der Waals surface area contributed by atoms with Crippen LogP contribution in [0.25, 0.3) is 0 Å². The molecule has 2 N–H and O–H groups in total. The third-order valence-corrected chi connectivity index (χ3v) is 5.89. The molecule has 0 radical (unpaired) electrons. The second-order valence-electron chi connectivity index (χ2n) is 8.29. The van der Waals surface area contributed by atoms with Gasteiger partial charge in [-0.3, -0.25) is 4.99 Å². The van der Waals surface area contributed by atoms with Crippen LogP contribution < -0.4 is 15.5 Å². The maximum absolute atomic E-state index is 6.08. The molecular weight excluding hydrogens is 362 g/mol. The molecule has 1 saturated heterocycles. The second kappa shape index (κ2) is 12.0. The summed E-state index contributed by atoms with van der Waals surface area (Å²) < 4.78 is 6.08. The number of nitrogens with zero attached hydrogens (tertiary/aromatic N) is 3. The largest absolute Gasteiger partial charge is 0.376 e. The van der Waals surface area contributed by atoms with Crippen molar-refractivity contribution < 1.29 is 4.74 Å². The lowest BCUT2D eigenvalue weighted by Gasteiger charge is -2.34.